The van der Waals surface area contributed by atoms with Crippen molar-refractivity contribution in [3.05, 3.63) is 42.5 Å². The first-order valence-corrected chi connectivity index (χ1v) is 6.44. The Morgan fingerprint density at radius 1 is 1.05 bits per heavy atom. The van der Waals surface area contributed by atoms with Gasteiger partial charge in [0.1, 0.15) is 0 Å². The number of nitrogens with one attached hydrogen (secondary N) is 1. The van der Waals surface area contributed by atoms with E-state index in [1.165, 1.54) is 0 Å². The third-order valence-corrected chi connectivity index (χ3v) is 2.98. The Morgan fingerprint density at radius 2 is 1.75 bits per heavy atom. The Kier molecular flexibility index (Phi) is 4.42. The zero-order chi connectivity index (χ0) is 14.5. The zero-order valence-corrected chi connectivity index (χ0v) is 12.2. The van der Waals surface area contributed by atoms with Gasteiger partial charge in [0.25, 0.3) is 0 Å². The number of para-hydroxylation sites is 1. The van der Waals surface area contributed by atoms with Gasteiger partial charge in [-0.1, -0.05) is 24.3 Å². The van der Waals surface area contributed by atoms with Crippen LogP contribution < -0.4 is 20.5 Å². The maximum absolute atomic E-state index is 5.55. The second kappa shape index (κ2) is 6.25. The highest BCUT2D eigenvalue weighted by molar-refractivity contribution is 7.80. The summed E-state index contributed by atoms with van der Waals surface area (Å²) in [7, 11) is 3.22. The maximum Gasteiger partial charge on any atom is 0.168 e. The van der Waals surface area contributed by atoms with Crippen molar-refractivity contribution < 1.29 is 9.47 Å². The quantitative estimate of drug-likeness (QED) is 0.847. The molecule has 0 aliphatic rings. The van der Waals surface area contributed by atoms with Crippen molar-refractivity contribution in [1.82, 2.24) is 0 Å². The smallest absolute Gasteiger partial charge is 0.168 e. The highest BCUT2D eigenvalue weighted by Gasteiger charge is 2.09. The molecule has 5 heteroatoms. The minimum atomic E-state index is 0.234. The normalized spacial score (nSPS) is 9.90. The molecule has 104 valence electrons. The van der Waals surface area contributed by atoms with Crippen LogP contribution in [0.3, 0.4) is 0 Å². The predicted molar refractivity (Wildman–Crippen MR) is 85.4 cm³/mol. The first-order valence-electron chi connectivity index (χ1n) is 6.03. The fourth-order valence-corrected chi connectivity index (χ4v) is 2.09. The van der Waals surface area contributed by atoms with Crippen LogP contribution in [-0.2, 0) is 0 Å². The van der Waals surface area contributed by atoms with E-state index in [1.54, 1.807) is 14.2 Å². The number of anilines is 1. The van der Waals surface area contributed by atoms with E-state index in [0.717, 1.165) is 16.8 Å². The van der Waals surface area contributed by atoms with Crippen molar-refractivity contribution in [2.24, 2.45) is 5.73 Å². The fraction of sp³-hybridized carbons (Fsp3) is 0.133. The highest BCUT2D eigenvalue weighted by atomic mass is 32.1. The summed E-state index contributed by atoms with van der Waals surface area (Å²) >= 11 is 4.90. The van der Waals surface area contributed by atoms with Crippen LogP contribution in [0.25, 0.3) is 11.1 Å². The molecule has 2 aromatic rings. The van der Waals surface area contributed by atoms with Gasteiger partial charge in [0.15, 0.2) is 16.6 Å². The molecular formula is C15H16N2O2S. The maximum atomic E-state index is 5.55. The Bertz CT molecular complexity index is 629. The monoisotopic (exact) mass is 288 g/mol. The first kappa shape index (κ1) is 14.1. The number of thiocarbonyl (C=S) groups is 1. The topological polar surface area (TPSA) is 56.5 Å². The third-order valence-electron chi connectivity index (χ3n) is 2.88. The second-order valence-electron chi connectivity index (χ2n) is 4.10. The van der Waals surface area contributed by atoms with E-state index in [-0.39, 0.29) is 5.11 Å². The number of hydrogen-bond acceptors (Lipinski definition) is 3. The Morgan fingerprint density at radius 3 is 2.40 bits per heavy atom. The largest absolute Gasteiger partial charge is 0.493 e. The second-order valence-corrected chi connectivity index (χ2v) is 4.54. The molecule has 0 unspecified atom stereocenters. The van der Waals surface area contributed by atoms with Gasteiger partial charge >= 0.3 is 0 Å². The lowest BCUT2D eigenvalue weighted by Gasteiger charge is -2.13. The van der Waals surface area contributed by atoms with Crippen LogP contribution in [0, 0.1) is 0 Å². The van der Waals surface area contributed by atoms with Crippen LogP contribution in [0.15, 0.2) is 42.5 Å². The lowest BCUT2D eigenvalue weighted by molar-refractivity contribution is 0.355. The van der Waals surface area contributed by atoms with Gasteiger partial charge in [-0.2, -0.15) is 0 Å². The number of benzene rings is 2. The molecule has 0 saturated carbocycles. The SMILES string of the molecule is COc1ccc(-c2ccccc2NC(N)=S)cc1OC. The number of rotatable bonds is 4. The lowest BCUT2D eigenvalue weighted by atomic mass is 10.0. The van der Waals surface area contributed by atoms with E-state index in [1.807, 2.05) is 42.5 Å². The van der Waals surface area contributed by atoms with Crippen LogP contribution in [0.4, 0.5) is 5.69 Å². The molecule has 0 aliphatic heterocycles. The summed E-state index contributed by atoms with van der Waals surface area (Å²) in [5.74, 6) is 1.37. The summed E-state index contributed by atoms with van der Waals surface area (Å²) in [5.41, 5.74) is 8.38. The summed E-state index contributed by atoms with van der Waals surface area (Å²) in [6, 6.07) is 13.5. The zero-order valence-electron chi connectivity index (χ0n) is 11.3. The van der Waals surface area contributed by atoms with Crippen molar-refractivity contribution in [2.45, 2.75) is 0 Å². The van der Waals surface area contributed by atoms with Crippen molar-refractivity contribution in [3.63, 3.8) is 0 Å². The summed E-state index contributed by atoms with van der Waals surface area (Å²) in [6.45, 7) is 0. The molecule has 0 amide bonds. The van der Waals surface area contributed by atoms with Crippen LogP contribution in [-0.4, -0.2) is 19.3 Å². The summed E-state index contributed by atoms with van der Waals surface area (Å²) in [5, 5.41) is 3.21. The summed E-state index contributed by atoms with van der Waals surface area (Å²) in [6.07, 6.45) is 0. The van der Waals surface area contributed by atoms with Gasteiger partial charge in [0, 0.05) is 11.3 Å². The van der Waals surface area contributed by atoms with Crippen LogP contribution in [0.1, 0.15) is 0 Å². The molecule has 0 heterocycles. The summed E-state index contributed by atoms with van der Waals surface area (Å²) < 4.78 is 10.6. The van der Waals surface area contributed by atoms with Crippen molar-refractivity contribution in [1.29, 1.82) is 0 Å². The lowest BCUT2D eigenvalue weighted by Crippen LogP contribution is -2.19. The number of hydrogen-bond donors (Lipinski definition) is 2. The average Bonchev–Trinajstić information content (AvgIpc) is 2.46. The first-order chi connectivity index (χ1) is 9.65. The van der Waals surface area contributed by atoms with Crippen LogP contribution >= 0.6 is 12.2 Å². The van der Waals surface area contributed by atoms with Crippen molar-refractivity contribution in [2.75, 3.05) is 19.5 Å². The van der Waals surface area contributed by atoms with Crippen LogP contribution in [0.2, 0.25) is 0 Å². The number of methoxy groups -OCH3 is 2. The molecule has 0 aliphatic carbocycles. The average molecular weight is 288 g/mol. The minimum absolute atomic E-state index is 0.234. The fourth-order valence-electron chi connectivity index (χ4n) is 1.98. The van der Waals surface area contributed by atoms with Gasteiger partial charge < -0.3 is 20.5 Å². The molecule has 2 rings (SSSR count). The van der Waals surface area contributed by atoms with Gasteiger partial charge in [0.05, 0.1) is 14.2 Å². The molecule has 0 saturated heterocycles. The van der Waals surface area contributed by atoms with Gasteiger partial charge in [-0.05, 0) is 36.0 Å². The number of ether oxygens (including phenoxy) is 2. The van der Waals surface area contributed by atoms with E-state index in [4.69, 9.17) is 27.4 Å². The van der Waals surface area contributed by atoms with Gasteiger partial charge in [0.2, 0.25) is 0 Å². The molecule has 0 atom stereocenters. The van der Waals surface area contributed by atoms with Gasteiger partial charge in [-0.3, -0.25) is 0 Å². The van der Waals surface area contributed by atoms with E-state index in [9.17, 15) is 0 Å². The van der Waals surface area contributed by atoms with Gasteiger partial charge in [-0.15, -0.1) is 0 Å². The Labute approximate surface area is 123 Å². The Balaban J connectivity index is 2.48. The van der Waals surface area contributed by atoms with Gasteiger partial charge in [-0.25, -0.2) is 0 Å². The molecule has 2 aromatic carbocycles. The molecule has 0 spiro atoms. The molecule has 0 radical (unpaired) electrons. The molecule has 3 N–H and O–H groups in total. The molecule has 4 nitrogen and oxygen atoms in total. The van der Waals surface area contributed by atoms with E-state index in [2.05, 4.69) is 5.32 Å². The van der Waals surface area contributed by atoms with Crippen LogP contribution in [0.5, 0.6) is 11.5 Å². The van der Waals surface area contributed by atoms with Crippen molar-refractivity contribution >= 4 is 23.0 Å². The van der Waals surface area contributed by atoms with E-state index < -0.39 is 0 Å². The van der Waals surface area contributed by atoms with Crippen molar-refractivity contribution in [3.8, 4) is 22.6 Å². The molecule has 0 aromatic heterocycles. The molecule has 20 heavy (non-hydrogen) atoms. The predicted octanol–water partition coefficient (Wildman–Crippen LogP) is 3.03. The highest BCUT2D eigenvalue weighted by Crippen LogP contribution is 2.35. The third kappa shape index (κ3) is 3.00. The van der Waals surface area contributed by atoms with E-state index in [0.29, 0.717) is 11.5 Å². The molecular weight excluding hydrogens is 272 g/mol. The number of nitrogens with two attached hydrogens (primary N) is 1. The summed E-state index contributed by atoms with van der Waals surface area (Å²) in [4.78, 5) is 0. The minimum Gasteiger partial charge on any atom is -0.493 e. The molecule has 0 bridgehead atoms. The standard InChI is InChI=1S/C15H16N2O2S/c1-18-13-8-7-10(9-14(13)19-2)11-5-3-4-6-12(11)17-15(16)20/h3-9H,1-2H3,(H3,16,17,20). The molecule has 0 fully saturated rings. The Hall–Kier alpha value is -2.27. The van der Waals surface area contributed by atoms with E-state index >= 15 is 0 Å².